The lowest BCUT2D eigenvalue weighted by Crippen LogP contribution is -2.30. The Bertz CT molecular complexity index is 333. The molecule has 0 saturated heterocycles. The Morgan fingerprint density at radius 3 is 2.88 bits per heavy atom. The first-order valence-corrected chi connectivity index (χ1v) is 7.52. The number of thioether (sulfide) groups is 1. The monoisotopic (exact) mass is 305 g/mol. The summed E-state index contributed by atoms with van der Waals surface area (Å²) in [4.78, 5) is 0. The summed E-state index contributed by atoms with van der Waals surface area (Å²) in [6, 6.07) is 5.50. The standard InChI is InChI=1S/C12H17BrFNS/c1-3-11(8-16-2)15-7-9-6-10(13)4-5-12(9)14/h4-6,11,15H,3,7-8H2,1-2H3. The van der Waals surface area contributed by atoms with Gasteiger partial charge in [-0.05, 0) is 30.9 Å². The van der Waals surface area contributed by atoms with Crippen molar-refractivity contribution in [3.05, 3.63) is 34.1 Å². The minimum atomic E-state index is -0.144. The maximum Gasteiger partial charge on any atom is 0.127 e. The summed E-state index contributed by atoms with van der Waals surface area (Å²) in [5.41, 5.74) is 0.717. The smallest absolute Gasteiger partial charge is 0.127 e. The molecule has 0 heterocycles. The van der Waals surface area contributed by atoms with Crippen molar-refractivity contribution in [3.8, 4) is 0 Å². The predicted octanol–water partition coefficient (Wildman–Crippen LogP) is 3.82. The highest BCUT2D eigenvalue weighted by Gasteiger charge is 2.07. The Labute approximate surface area is 109 Å². The third-order valence-electron chi connectivity index (χ3n) is 2.45. The highest BCUT2D eigenvalue weighted by molar-refractivity contribution is 9.10. The molecule has 1 N–H and O–H groups in total. The van der Waals surface area contributed by atoms with Gasteiger partial charge in [0, 0.05) is 28.4 Å². The lowest BCUT2D eigenvalue weighted by atomic mass is 10.2. The van der Waals surface area contributed by atoms with Crippen LogP contribution >= 0.6 is 27.7 Å². The van der Waals surface area contributed by atoms with Crippen LogP contribution in [0.5, 0.6) is 0 Å². The lowest BCUT2D eigenvalue weighted by molar-refractivity contribution is 0.522. The second kappa shape index (κ2) is 7.30. The summed E-state index contributed by atoms with van der Waals surface area (Å²) >= 11 is 5.16. The van der Waals surface area contributed by atoms with Gasteiger partial charge in [-0.2, -0.15) is 11.8 Å². The number of nitrogens with one attached hydrogen (secondary N) is 1. The molecular formula is C12H17BrFNS. The van der Waals surface area contributed by atoms with Crippen molar-refractivity contribution in [1.29, 1.82) is 0 Å². The fourth-order valence-electron chi connectivity index (χ4n) is 1.46. The van der Waals surface area contributed by atoms with Crippen LogP contribution in [0.1, 0.15) is 18.9 Å². The van der Waals surface area contributed by atoms with Gasteiger partial charge in [-0.25, -0.2) is 4.39 Å². The SMILES string of the molecule is CCC(CSC)NCc1cc(Br)ccc1F. The molecule has 0 amide bonds. The van der Waals surface area contributed by atoms with E-state index in [1.165, 1.54) is 6.07 Å². The van der Waals surface area contributed by atoms with E-state index in [-0.39, 0.29) is 5.82 Å². The Kier molecular flexibility index (Phi) is 6.39. The summed E-state index contributed by atoms with van der Waals surface area (Å²) < 4.78 is 14.4. The van der Waals surface area contributed by atoms with Gasteiger partial charge in [0.05, 0.1) is 0 Å². The van der Waals surface area contributed by atoms with Crippen LogP contribution in [0.2, 0.25) is 0 Å². The van der Waals surface area contributed by atoms with Gasteiger partial charge in [-0.1, -0.05) is 22.9 Å². The predicted molar refractivity (Wildman–Crippen MR) is 73.4 cm³/mol. The number of benzene rings is 1. The molecule has 1 aromatic rings. The zero-order chi connectivity index (χ0) is 12.0. The minimum absolute atomic E-state index is 0.144. The number of rotatable bonds is 6. The maximum atomic E-state index is 13.4. The molecule has 0 bridgehead atoms. The second-order valence-electron chi connectivity index (χ2n) is 3.68. The van der Waals surface area contributed by atoms with Crippen molar-refractivity contribution in [3.63, 3.8) is 0 Å². The molecule has 1 aromatic carbocycles. The van der Waals surface area contributed by atoms with Crippen LogP contribution in [0.4, 0.5) is 4.39 Å². The average molecular weight is 306 g/mol. The zero-order valence-corrected chi connectivity index (χ0v) is 12.0. The molecule has 90 valence electrons. The van der Waals surface area contributed by atoms with Gasteiger partial charge in [0.2, 0.25) is 0 Å². The number of halogens is 2. The van der Waals surface area contributed by atoms with Gasteiger partial charge >= 0.3 is 0 Å². The van der Waals surface area contributed by atoms with Gasteiger partial charge < -0.3 is 5.32 Å². The van der Waals surface area contributed by atoms with Crippen LogP contribution in [0, 0.1) is 5.82 Å². The van der Waals surface area contributed by atoms with Crippen LogP contribution < -0.4 is 5.32 Å². The van der Waals surface area contributed by atoms with E-state index in [0.717, 1.165) is 16.6 Å². The molecule has 1 rings (SSSR count). The Morgan fingerprint density at radius 1 is 1.50 bits per heavy atom. The largest absolute Gasteiger partial charge is 0.309 e. The highest BCUT2D eigenvalue weighted by atomic mass is 79.9. The van der Waals surface area contributed by atoms with E-state index in [1.807, 2.05) is 17.8 Å². The first-order valence-electron chi connectivity index (χ1n) is 5.33. The summed E-state index contributed by atoms with van der Waals surface area (Å²) in [7, 11) is 0. The van der Waals surface area contributed by atoms with Crippen LogP contribution in [0.25, 0.3) is 0 Å². The summed E-state index contributed by atoms with van der Waals surface area (Å²) in [6.45, 7) is 2.73. The van der Waals surface area contributed by atoms with E-state index in [0.29, 0.717) is 18.2 Å². The number of hydrogen-bond donors (Lipinski definition) is 1. The van der Waals surface area contributed by atoms with Crippen LogP contribution in [-0.2, 0) is 6.54 Å². The van der Waals surface area contributed by atoms with E-state index in [2.05, 4.69) is 34.4 Å². The summed E-state index contributed by atoms with van der Waals surface area (Å²) in [6.07, 6.45) is 3.15. The van der Waals surface area contributed by atoms with Gasteiger partial charge in [-0.3, -0.25) is 0 Å². The van der Waals surface area contributed by atoms with Crippen LogP contribution in [0.15, 0.2) is 22.7 Å². The molecule has 0 saturated carbocycles. The fourth-order valence-corrected chi connectivity index (χ4v) is 2.62. The molecule has 0 radical (unpaired) electrons. The summed E-state index contributed by atoms with van der Waals surface area (Å²) in [5.74, 6) is 0.918. The third-order valence-corrected chi connectivity index (χ3v) is 3.68. The molecule has 0 aliphatic rings. The minimum Gasteiger partial charge on any atom is -0.309 e. The number of hydrogen-bond acceptors (Lipinski definition) is 2. The van der Waals surface area contributed by atoms with Crippen molar-refractivity contribution in [2.24, 2.45) is 0 Å². The van der Waals surface area contributed by atoms with Crippen molar-refractivity contribution in [2.45, 2.75) is 25.9 Å². The van der Waals surface area contributed by atoms with Crippen LogP contribution in [0.3, 0.4) is 0 Å². The molecule has 1 nitrogen and oxygen atoms in total. The summed E-state index contributed by atoms with van der Waals surface area (Å²) in [5, 5.41) is 3.37. The quantitative estimate of drug-likeness (QED) is 0.857. The lowest BCUT2D eigenvalue weighted by Gasteiger charge is -2.16. The average Bonchev–Trinajstić information content (AvgIpc) is 2.28. The molecule has 4 heteroatoms. The van der Waals surface area contributed by atoms with E-state index in [1.54, 1.807) is 6.07 Å². The molecule has 0 aliphatic heterocycles. The van der Waals surface area contributed by atoms with Crippen molar-refractivity contribution in [2.75, 3.05) is 12.0 Å². The topological polar surface area (TPSA) is 12.0 Å². The normalized spacial score (nSPS) is 12.8. The van der Waals surface area contributed by atoms with E-state index < -0.39 is 0 Å². The molecule has 0 aromatic heterocycles. The molecule has 0 aliphatic carbocycles. The highest BCUT2D eigenvalue weighted by Crippen LogP contribution is 2.15. The fraction of sp³-hybridized carbons (Fsp3) is 0.500. The van der Waals surface area contributed by atoms with E-state index in [9.17, 15) is 4.39 Å². The van der Waals surface area contributed by atoms with E-state index in [4.69, 9.17) is 0 Å². The van der Waals surface area contributed by atoms with E-state index >= 15 is 0 Å². The first kappa shape index (κ1) is 14.0. The molecule has 1 unspecified atom stereocenters. The zero-order valence-electron chi connectivity index (χ0n) is 9.59. The van der Waals surface area contributed by atoms with Crippen molar-refractivity contribution < 1.29 is 4.39 Å². The Morgan fingerprint density at radius 2 is 2.25 bits per heavy atom. The Balaban J connectivity index is 2.55. The van der Waals surface area contributed by atoms with Gasteiger partial charge in [0.25, 0.3) is 0 Å². The van der Waals surface area contributed by atoms with Gasteiger partial charge in [-0.15, -0.1) is 0 Å². The molecule has 1 atom stereocenters. The maximum absolute atomic E-state index is 13.4. The molecule has 0 spiro atoms. The molecule has 16 heavy (non-hydrogen) atoms. The van der Waals surface area contributed by atoms with Crippen molar-refractivity contribution in [1.82, 2.24) is 5.32 Å². The van der Waals surface area contributed by atoms with Gasteiger partial charge in [0.1, 0.15) is 5.82 Å². The third kappa shape index (κ3) is 4.44. The van der Waals surface area contributed by atoms with Gasteiger partial charge in [0.15, 0.2) is 0 Å². The Hall–Kier alpha value is -0.0600. The second-order valence-corrected chi connectivity index (χ2v) is 5.50. The molecular weight excluding hydrogens is 289 g/mol. The molecule has 0 fully saturated rings. The van der Waals surface area contributed by atoms with Crippen molar-refractivity contribution >= 4 is 27.7 Å². The van der Waals surface area contributed by atoms with Crippen LogP contribution in [-0.4, -0.2) is 18.1 Å². The first-order chi connectivity index (χ1) is 7.67.